The van der Waals surface area contributed by atoms with Crippen molar-refractivity contribution in [3.05, 3.63) is 145 Å². The molecule has 2 heteroatoms. The molecule has 0 aliphatic carbocycles. The van der Waals surface area contributed by atoms with Crippen molar-refractivity contribution < 1.29 is 8.83 Å². The van der Waals surface area contributed by atoms with Crippen LogP contribution in [0.15, 0.2) is 137 Å². The van der Waals surface area contributed by atoms with Gasteiger partial charge in [-0.2, -0.15) is 0 Å². The molecular formula is C44H30O2. The molecule has 0 aliphatic heterocycles. The first-order chi connectivity index (χ1) is 22.6. The lowest BCUT2D eigenvalue weighted by molar-refractivity contribution is 0.656. The number of hydrogen-bond donors (Lipinski definition) is 0. The summed E-state index contributed by atoms with van der Waals surface area (Å²) in [5, 5.41) is 9.34. The highest BCUT2D eigenvalue weighted by molar-refractivity contribution is 6.15. The number of aryl methyl sites for hydroxylation is 1. The number of allylic oxidation sites excluding steroid dienone is 1. The number of rotatable bonds is 4. The molecule has 0 amide bonds. The Bertz CT molecular complexity index is 2730. The van der Waals surface area contributed by atoms with Crippen molar-refractivity contribution in [2.24, 2.45) is 0 Å². The van der Waals surface area contributed by atoms with Gasteiger partial charge < -0.3 is 8.83 Å². The van der Waals surface area contributed by atoms with E-state index >= 15 is 0 Å². The molecule has 0 unspecified atom stereocenters. The topological polar surface area (TPSA) is 26.3 Å². The van der Waals surface area contributed by atoms with Gasteiger partial charge in [-0.15, -0.1) is 0 Å². The first-order valence-corrected chi connectivity index (χ1v) is 15.7. The van der Waals surface area contributed by atoms with E-state index < -0.39 is 0 Å². The van der Waals surface area contributed by atoms with Crippen molar-refractivity contribution in [3.8, 4) is 22.3 Å². The first kappa shape index (κ1) is 26.5. The van der Waals surface area contributed by atoms with E-state index in [0.717, 1.165) is 49.4 Å². The van der Waals surface area contributed by atoms with E-state index in [2.05, 4.69) is 136 Å². The molecule has 2 aromatic heterocycles. The molecule has 0 N–H and O–H groups in total. The summed E-state index contributed by atoms with van der Waals surface area (Å²) in [6.07, 6.45) is 6.22. The Morgan fingerprint density at radius 2 is 1.13 bits per heavy atom. The van der Waals surface area contributed by atoms with Crippen LogP contribution in [0.5, 0.6) is 0 Å². The fourth-order valence-corrected chi connectivity index (χ4v) is 7.14. The molecule has 0 bridgehead atoms. The van der Waals surface area contributed by atoms with Gasteiger partial charge in [0.25, 0.3) is 0 Å². The Morgan fingerprint density at radius 1 is 0.522 bits per heavy atom. The minimum Gasteiger partial charge on any atom is -0.456 e. The summed E-state index contributed by atoms with van der Waals surface area (Å²) in [7, 11) is 0. The highest BCUT2D eigenvalue weighted by Crippen LogP contribution is 2.40. The molecule has 0 atom stereocenters. The van der Waals surface area contributed by atoms with Gasteiger partial charge in [0.15, 0.2) is 0 Å². The van der Waals surface area contributed by atoms with Crippen LogP contribution in [0.4, 0.5) is 0 Å². The summed E-state index contributed by atoms with van der Waals surface area (Å²) < 4.78 is 12.5. The van der Waals surface area contributed by atoms with Crippen molar-refractivity contribution >= 4 is 77.6 Å². The molecular weight excluding hydrogens is 560 g/mol. The molecule has 0 fully saturated rings. The zero-order chi connectivity index (χ0) is 30.9. The van der Waals surface area contributed by atoms with E-state index in [-0.39, 0.29) is 0 Å². The number of fused-ring (bicyclic) bond motifs is 8. The van der Waals surface area contributed by atoms with Gasteiger partial charge >= 0.3 is 0 Å². The van der Waals surface area contributed by atoms with E-state index in [9.17, 15) is 0 Å². The van der Waals surface area contributed by atoms with Crippen LogP contribution in [-0.2, 0) is 0 Å². The van der Waals surface area contributed by atoms with Gasteiger partial charge in [-0.3, -0.25) is 0 Å². The standard InChI is InChI=1S/C44H30O2/c1-4-8-31-23-36(35-10-7-6-9-34(35)33(31)5-2)32-15-14-27-20-28(12-13-29(27)21-32)30-16-18-42-38(22-30)40-24-39-37-19-26(3)11-17-41(37)45-43(39)25-44(40)46-42/h4-25H,2H2,1,3H3/b8-4-. The van der Waals surface area contributed by atoms with Gasteiger partial charge in [-0.1, -0.05) is 91.0 Å². The minimum atomic E-state index is 0.840. The molecule has 9 aromatic rings. The zero-order valence-electron chi connectivity index (χ0n) is 25.7. The summed E-state index contributed by atoms with van der Waals surface area (Å²) in [5.74, 6) is 0. The van der Waals surface area contributed by atoms with Gasteiger partial charge in [-0.25, -0.2) is 0 Å². The van der Waals surface area contributed by atoms with Gasteiger partial charge in [0.05, 0.1) is 0 Å². The van der Waals surface area contributed by atoms with Crippen molar-refractivity contribution in [1.82, 2.24) is 0 Å². The summed E-state index contributed by atoms with van der Waals surface area (Å²) in [6, 6.07) is 41.5. The summed E-state index contributed by atoms with van der Waals surface area (Å²) in [5.41, 5.74) is 11.8. The van der Waals surface area contributed by atoms with Crippen LogP contribution in [0.1, 0.15) is 23.6 Å². The molecule has 0 aliphatic rings. The van der Waals surface area contributed by atoms with E-state index in [1.54, 1.807) is 0 Å². The molecule has 218 valence electrons. The Kier molecular flexibility index (Phi) is 5.82. The number of furan rings is 2. The average molecular weight is 591 g/mol. The number of hydrogen-bond acceptors (Lipinski definition) is 2. The molecule has 2 heterocycles. The van der Waals surface area contributed by atoms with E-state index in [1.165, 1.54) is 54.9 Å². The third kappa shape index (κ3) is 4.04. The first-order valence-electron chi connectivity index (χ1n) is 15.7. The van der Waals surface area contributed by atoms with Gasteiger partial charge in [0.1, 0.15) is 22.3 Å². The second kappa shape index (κ2) is 10.1. The fourth-order valence-electron chi connectivity index (χ4n) is 7.14. The van der Waals surface area contributed by atoms with Crippen molar-refractivity contribution in [1.29, 1.82) is 0 Å². The summed E-state index contributed by atoms with van der Waals surface area (Å²) in [4.78, 5) is 0. The van der Waals surface area contributed by atoms with E-state index in [0.29, 0.717) is 0 Å². The van der Waals surface area contributed by atoms with Crippen LogP contribution in [0.3, 0.4) is 0 Å². The molecule has 2 nitrogen and oxygen atoms in total. The van der Waals surface area contributed by atoms with Crippen LogP contribution in [-0.4, -0.2) is 0 Å². The summed E-state index contributed by atoms with van der Waals surface area (Å²) >= 11 is 0. The second-order valence-electron chi connectivity index (χ2n) is 12.2. The van der Waals surface area contributed by atoms with Crippen molar-refractivity contribution in [2.75, 3.05) is 0 Å². The quantitative estimate of drug-likeness (QED) is 0.204. The third-order valence-electron chi connectivity index (χ3n) is 9.37. The normalized spacial score (nSPS) is 12.1. The van der Waals surface area contributed by atoms with Gasteiger partial charge in [-0.05, 0) is 117 Å². The zero-order valence-corrected chi connectivity index (χ0v) is 25.7. The third-order valence-corrected chi connectivity index (χ3v) is 9.37. The molecule has 0 radical (unpaired) electrons. The lowest BCUT2D eigenvalue weighted by atomic mass is 9.90. The molecule has 0 spiro atoms. The predicted octanol–water partition coefficient (Wildman–Crippen LogP) is 13.1. The van der Waals surface area contributed by atoms with E-state index in [4.69, 9.17) is 8.83 Å². The molecule has 0 saturated carbocycles. The number of benzene rings is 7. The van der Waals surface area contributed by atoms with Crippen molar-refractivity contribution in [3.63, 3.8) is 0 Å². The Morgan fingerprint density at radius 3 is 1.87 bits per heavy atom. The van der Waals surface area contributed by atoms with Crippen LogP contribution >= 0.6 is 0 Å². The Labute approximate surface area is 266 Å². The SMILES string of the molecule is C=Cc1c(/C=C\C)cc(-c2ccc3cc(-c4ccc5oc6cc7oc8ccc(C)cc8c7cc6c5c4)ccc3c2)c2ccccc12. The smallest absolute Gasteiger partial charge is 0.139 e. The lowest BCUT2D eigenvalue weighted by Gasteiger charge is -2.14. The van der Waals surface area contributed by atoms with Gasteiger partial charge in [0, 0.05) is 27.6 Å². The van der Waals surface area contributed by atoms with E-state index in [1.807, 2.05) is 18.2 Å². The maximum Gasteiger partial charge on any atom is 0.139 e. The maximum absolute atomic E-state index is 6.30. The second-order valence-corrected chi connectivity index (χ2v) is 12.2. The Balaban J connectivity index is 1.15. The summed E-state index contributed by atoms with van der Waals surface area (Å²) in [6.45, 7) is 8.28. The lowest BCUT2D eigenvalue weighted by Crippen LogP contribution is -1.90. The highest BCUT2D eigenvalue weighted by Gasteiger charge is 2.15. The highest BCUT2D eigenvalue weighted by atomic mass is 16.3. The molecule has 7 aromatic carbocycles. The average Bonchev–Trinajstić information content (AvgIpc) is 3.62. The van der Waals surface area contributed by atoms with Crippen LogP contribution in [0, 0.1) is 6.92 Å². The fraction of sp³-hybridized carbons (Fsp3) is 0.0455. The van der Waals surface area contributed by atoms with Crippen molar-refractivity contribution in [2.45, 2.75) is 13.8 Å². The molecule has 46 heavy (non-hydrogen) atoms. The minimum absolute atomic E-state index is 0.840. The predicted molar refractivity (Wildman–Crippen MR) is 196 cm³/mol. The Hall–Kier alpha value is -5.86. The van der Waals surface area contributed by atoms with Crippen LogP contribution < -0.4 is 0 Å². The molecule has 0 saturated heterocycles. The maximum atomic E-state index is 6.30. The van der Waals surface area contributed by atoms with Crippen LogP contribution in [0.2, 0.25) is 0 Å². The molecule has 9 rings (SSSR count). The largest absolute Gasteiger partial charge is 0.456 e. The monoisotopic (exact) mass is 590 g/mol. The van der Waals surface area contributed by atoms with Gasteiger partial charge in [0.2, 0.25) is 0 Å². The van der Waals surface area contributed by atoms with Crippen LogP contribution in [0.25, 0.3) is 99.8 Å².